The van der Waals surface area contributed by atoms with Crippen molar-refractivity contribution in [3.8, 4) is 17.0 Å². The van der Waals surface area contributed by atoms with E-state index >= 15 is 0 Å². The number of carboxylic acid groups (broad SMARTS) is 1. The molecule has 3 aromatic rings. The number of fused-ring (bicyclic) bond motifs is 1. The number of carboxylic acids is 1. The van der Waals surface area contributed by atoms with Gasteiger partial charge in [0.25, 0.3) is 0 Å². The van der Waals surface area contributed by atoms with Crippen molar-refractivity contribution in [1.82, 2.24) is 5.16 Å². The molecule has 0 bridgehead atoms. The largest absolute Gasteiger partial charge is 0.546 e. The van der Waals surface area contributed by atoms with Crippen LogP contribution >= 0.6 is 11.6 Å². The molecule has 0 saturated heterocycles. The normalized spacial score (nSPS) is 12.3. The summed E-state index contributed by atoms with van der Waals surface area (Å²) in [4.78, 5) is 11.0. The Morgan fingerprint density at radius 3 is 2.70 bits per heavy atom. The number of aromatic nitrogens is 1. The summed E-state index contributed by atoms with van der Waals surface area (Å²) in [6.45, 7) is 1.69. The van der Waals surface area contributed by atoms with Crippen LogP contribution < -0.4 is 9.84 Å². The second-order valence-corrected chi connectivity index (χ2v) is 5.36. The minimum absolute atomic E-state index is 0.192. The molecule has 1 heterocycles. The monoisotopic (exact) mass is 330 g/mol. The molecule has 0 amide bonds. The summed E-state index contributed by atoms with van der Waals surface area (Å²) in [5, 5.41) is 16.0. The van der Waals surface area contributed by atoms with E-state index in [1.165, 1.54) is 0 Å². The number of hydrogen-bond acceptors (Lipinski definition) is 5. The van der Waals surface area contributed by atoms with Gasteiger partial charge in [0.1, 0.15) is 22.6 Å². The maximum absolute atomic E-state index is 11.0. The van der Waals surface area contributed by atoms with Crippen molar-refractivity contribution >= 4 is 28.5 Å². The Balaban J connectivity index is 2.03. The van der Waals surface area contributed by atoms with Crippen molar-refractivity contribution in [3.05, 3.63) is 47.5 Å². The van der Waals surface area contributed by atoms with E-state index in [4.69, 9.17) is 20.9 Å². The Bertz CT molecular complexity index is 844. The highest BCUT2D eigenvalue weighted by Gasteiger charge is 2.18. The van der Waals surface area contributed by atoms with E-state index in [1.807, 2.05) is 30.3 Å². The van der Waals surface area contributed by atoms with Crippen LogP contribution in [0.4, 0.5) is 0 Å². The van der Waals surface area contributed by atoms with Gasteiger partial charge >= 0.3 is 0 Å². The molecule has 2 aromatic carbocycles. The van der Waals surface area contributed by atoms with Crippen LogP contribution in [0.2, 0.25) is 5.02 Å². The third kappa shape index (κ3) is 2.87. The van der Waals surface area contributed by atoms with Gasteiger partial charge in [-0.25, -0.2) is 0 Å². The lowest BCUT2D eigenvalue weighted by molar-refractivity contribution is -0.313. The number of rotatable bonds is 5. The number of benzene rings is 2. The fourth-order valence-electron chi connectivity index (χ4n) is 2.30. The first-order valence-corrected chi connectivity index (χ1v) is 7.50. The zero-order chi connectivity index (χ0) is 16.4. The van der Waals surface area contributed by atoms with Crippen LogP contribution in [0.15, 0.2) is 47.0 Å². The number of carbonyl (C=O) groups excluding carboxylic acids is 1. The summed E-state index contributed by atoms with van der Waals surface area (Å²) in [6, 6.07) is 12.9. The van der Waals surface area contributed by atoms with Gasteiger partial charge in [0, 0.05) is 5.56 Å². The SMILES string of the molecule is CCC(Oc1ccc2c(-c3ccccc3)noc2c1Cl)C(=O)[O-]. The minimum atomic E-state index is -1.29. The van der Waals surface area contributed by atoms with E-state index < -0.39 is 12.1 Å². The fourth-order valence-corrected chi connectivity index (χ4v) is 2.54. The Hall–Kier alpha value is -2.53. The minimum Gasteiger partial charge on any atom is -0.546 e. The molecule has 0 saturated carbocycles. The first-order valence-electron chi connectivity index (χ1n) is 7.12. The number of carbonyl (C=O) groups is 1. The summed E-state index contributed by atoms with van der Waals surface area (Å²) in [5.41, 5.74) is 1.93. The molecule has 5 nitrogen and oxygen atoms in total. The third-order valence-electron chi connectivity index (χ3n) is 3.50. The predicted octanol–water partition coefficient (Wildman–Crippen LogP) is 3.06. The lowest BCUT2D eigenvalue weighted by Gasteiger charge is -2.18. The van der Waals surface area contributed by atoms with Crippen LogP contribution in [0, 0.1) is 0 Å². The first-order chi connectivity index (χ1) is 11.1. The molecule has 0 radical (unpaired) electrons. The Morgan fingerprint density at radius 2 is 2.04 bits per heavy atom. The van der Waals surface area contributed by atoms with Gasteiger partial charge < -0.3 is 19.2 Å². The van der Waals surface area contributed by atoms with E-state index in [9.17, 15) is 9.90 Å². The van der Waals surface area contributed by atoms with Crippen molar-refractivity contribution < 1.29 is 19.2 Å². The molecule has 0 aliphatic rings. The zero-order valence-electron chi connectivity index (χ0n) is 12.3. The second-order valence-electron chi connectivity index (χ2n) is 4.99. The highest BCUT2D eigenvalue weighted by Crippen LogP contribution is 2.37. The van der Waals surface area contributed by atoms with E-state index in [0.29, 0.717) is 11.3 Å². The average molecular weight is 331 g/mol. The maximum atomic E-state index is 11.0. The molecule has 1 unspecified atom stereocenters. The summed E-state index contributed by atoms with van der Waals surface area (Å²) in [6.07, 6.45) is -0.802. The predicted molar refractivity (Wildman–Crippen MR) is 84.2 cm³/mol. The number of hydrogen-bond donors (Lipinski definition) is 0. The van der Waals surface area contributed by atoms with Gasteiger partial charge in [-0.2, -0.15) is 0 Å². The molecule has 0 aliphatic carbocycles. The summed E-state index contributed by atoms with van der Waals surface area (Å²) in [7, 11) is 0. The van der Waals surface area contributed by atoms with Crippen LogP contribution in [-0.2, 0) is 4.79 Å². The number of nitrogens with zero attached hydrogens (tertiary/aromatic N) is 1. The van der Waals surface area contributed by atoms with E-state index in [2.05, 4.69) is 5.16 Å². The summed E-state index contributed by atoms with van der Waals surface area (Å²) >= 11 is 6.28. The van der Waals surface area contributed by atoms with Crippen molar-refractivity contribution in [3.63, 3.8) is 0 Å². The van der Waals surface area contributed by atoms with E-state index in [0.717, 1.165) is 10.9 Å². The highest BCUT2D eigenvalue weighted by molar-refractivity contribution is 6.36. The Labute approximate surface area is 137 Å². The van der Waals surface area contributed by atoms with Crippen molar-refractivity contribution in [2.24, 2.45) is 0 Å². The summed E-state index contributed by atoms with van der Waals surface area (Å²) < 4.78 is 10.7. The molecule has 23 heavy (non-hydrogen) atoms. The Kier molecular flexibility index (Phi) is 4.21. The van der Waals surface area contributed by atoms with Crippen LogP contribution in [0.1, 0.15) is 13.3 Å². The van der Waals surface area contributed by atoms with Gasteiger partial charge in [0.2, 0.25) is 0 Å². The molecule has 1 aromatic heterocycles. The number of aliphatic carboxylic acids is 1. The van der Waals surface area contributed by atoms with Gasteiger partial charge in [0.15, 0.2) is 5.58 Å². The second kappa shape index (κ2) is 6.30. The van der Waals surface area contributed by atoms with Crippen molar-refractivity contribution in [1.29, 1.82) is 0 Å². The standard InChI is InChI=1S/C17H14ClNO4/c1-2-12(17(20)21)22-13-9-8-11-15(10-6-4-3-5-7-10)19-23-16(11)14(13)18/h3-9,12H,2H2,1H3,(H,20,21)/p-1. The highest BCUT2D eigenvalue weighted by atomic mass is 35.5. The average Bonchev–Trinajstić information content (AvgIpc) is 2.99. The quantitative estimate of drug-likeness (QED) is 0.718. The lowest BCUT2D eigenvalue weighted by Crippen LogP contribution is -2.39. The number of halogens is 1. The zero-order valence-corrected chi connectivity index (χ0v) is 13.0. The molecular weight excluding hydrogens is 318 g/mol. The van der Waals surface area contributed by atoms with E-state index in [1.54, 1.807) is 19.1 Å². The van der Waals surface area contributed by atoms with Gasteiger partial charge in [-0.05, 0) is 18.6 Å². The van der Waals surface area contributed by atoms with Crippen LogP contribution in [0.5, 0.6) is 5.75 Å². The fraction of sp³-hybridized carbons (Fsp3) is 0.176. The smallest absolute Gasteiger partial charge is 0.189 e. The molecule has 118 valence electrons. The van der Waals surface area contributed by atoms with Crippen LogP contribution in [0.25, 0.3) is 22.2 Å². The van der Waals surface area contributed by atoms with E-state index in [-0.39, 0.29) is 17.2 Å². The van der Waals surface area contributed by atoms with Crippen LogP contribution in [0.3, 0.4) is 0 Å². The summed E-state index contributed by atoms with van der Waals surface area (Å²) in [5.74, 6) is -1.06. The van der Waals surface area contributed by atoms with Gasteiger partial charge in [-0.3, -0.25) is 0 Å². The molecule has 6 heteroatoms. The van der Waals surface area contributed by atoms with Crippen LogP contribution in [-0.4, -0.2) is 17.2 Å². The molecule has 0 fully saturated rings. The van der Waals surface area contributed by atoms with Crippen molar-refractivity contribution in [2.45, 2.75) is 19.4 Å². The molecule has 0 spiro atoms. The Morgan fingerprint density at radius 1 is 1.30 bits per heavy atom. The molecule has 0 aliphatic heterocycles. The van der Waals surface area contributed by atoms with Gasteiger partial charge in [-0.1, -0.05) is 54.0 Å². The third-order valence-corrected chi connectivity index (χ3v) is 3.85. The first kappa shape index (κ1) is 15.4. The number of ether oxygens (including phenoxy) is 1. The molecule has 3 rings (SSSR count). The molecule has 1 atom stereocenters. The van der Waals surface area contributed by atoms with Crippen molar-refractivity contribution in [2.75, 3.05) is 0 Å². The lowest BCUT2D eigenvalue weighted by atomic mass is 10.1. The molecule has 0 N–H and O–H groups in total. The topological polar surface area (TPSA) is 75.4 Å². The van der Waals surface area contributed by atoms with Gasteiger partial charge in [0.05, 0.1) is 11.4 Å². The molecular formula is C17H13ClNO4-. The maximum Gasteiger partial charge on any atom is 0.189 e. The van der Waals surface area contributed by atoms with Gasteiger partial charge in [-0.15, -0.1) is 0 Å².